The quantitative estimate of drug-likeness (QED) is 0.873. The lowest BCUT2D eigenvalue weighted by atomic mass is 10.0. The number of likely N-dealkylation sites (tertiary alicyclic amines) is 1. The van der Waals surface area contributed by atoms with Crippen LogP contribution < -0.4 is 5.32 Å². The van der Waals surface area contributed by atoms with Crippen LogP contribution >= 0.6 is 0 Å². The van der Waals surface area contributed by atoms with Gasteiger partial charge < -0.3 is 10.4 Å². The van der Waals surface area contributed by atoms with E-state index in [2.05, 4.69) is 34.5 Å². The van der Waals surface area contributed by atoms with E-state index in [9.17, 15) is 4.79 Å². The maximum absolute atomic E-state index is 10.9. The van der Waals surface area contributed by atoms with Crippen molar-refractivity contribution >= 4 is 6.09 Å². The highest BCUT2D eigenvalue weighted by atomic mass is 16.4. The van der Waals surface area contributed by atoms with Gasteiger partial charge in [0, 0.05) is 25.2 Å². The van der Waals surface area contributed by atoms with Gasteiger partial charge in [-0.25, -0.2) is 4.79 Å². The SMILES string of the molecule is O=C(O)N[C@H]1CCN(Cc2ccccc2)[C@@H]1C1CC1. The third-order valence-corrected chi connectivity index (χ3v) is 4.20. The number of rotatable bonds is 4. The van der Waals surface area contributed by atoms with E-state index in [4.69, 9.17) is 5.11 Å². The molecular weight excluding hydrogens is 240 g/mol. The smallest absolute Gasteiger partial charge is 0.404 e. The summed E-state index contributed by atoms with van der Waals surface area (Å²) in [6.07, 6.45) is 2.53. The minimum atomic E-state index is -0.891. The Morgan fingerprint density at radius 2 is 2.00 bits per heavy atom. The Hall–Kier alpha value is -1.55. The highest BCUT2D eigenvalue weighted by Crippen LogP contribution is 2.40. The fourth-order valence-corrected chi connectivity index (χ4v) is 3.26. The summed E-state index contributed by atoms with van der Waals surface area (Å²) in [6.45, 7) is 1.92. The maximum atomic E-state index is 10.9. The highest BCUT2D eigenvalue weighted by molar-refractivity contribution is 5.65. The van der Waals surface area contributed by atoms with Crippen LogP contribution in [0.3, 0.4) is 0 Å². The molecule has 1 aromatic rings. The molecule has 1 aliphatic heterocycles. The third kappa shape index (κ3) is 2.89. The fourth-order valence-electron chi connectivity index (χ4n) is 3.26. The minimum absolute atomic E-state index is 0.105. The number of carbonyl (C=O) groups is 1. The number of carboxylic acid groups (broad SMARTS) is 1. The van der Waals surface area contributed by atoms with Gasteiger partial charge in [-0.3, -0.25) is 4.90 Å². The second-order valence-corrected chi connectivity index (χ2v) is 5.63. The Bertz CT molecular complexity index is 445. The minimum Gasteiger partial charge on any atom is -0.465 e. The molecule has 102 valence electrons. The summed E-state index contributed by atoms with van der Waals surface area (Å²) in [4.78, 5) is 13.3. The Balaban J connectivity index is 1.69. The first kappa shape index (κ1) is 12.5. The van der Waals surface area contributed by atoms with Crippen LogP contribution in [0.1, 0.15) is 24.8 Å². The molecule has 4 heteroatoms. The Morgan fingerprint density at radius 3 is 2.63 bits per heavy atom. The van der Waals surface area contributed by atoms with E-state index < -0.39 is 6.09 Å². The van der Waals surface area contributed by atoms with Crippen LogP contribution in [-0.4, -0.2) is 34.7 Å². The van der Waals surface area contributed by atoms with Gasteiger partial charge in [0.05, 0.1) is 0 Å². The molecule has 2 N–H and O–H groups in total. The Morgan fingerprint density at radius 1 is 1.26 bits per heavy atom. The number of hydrogen-bond donors (Lipinski definition) is 2. The van der Waals surface area contributed by atoms with Crippen LogP contribution in [0.4, 0.5) is 4.79 Å². The lowest BCUT2D eigenvalue weighted by Gasteiger charge is -2.28. The average molecular weight is 260 g/mol. The summed E-state index contributed by atoms with van der Waals surface area (Å²) in [7, 11) is 0. The van der Waals surface area contributed by atoms with Crippen LogP contribution in [0, 0.1) is 5.92 Å². The normalized spacial score (nSPS) is 27.4. The van der Waals surface area contributed by atoms with Crippen molar-refractivity contribution < 1.29 is 9.90 Å². The van der Waals surface area contributed by atoms with Gasteiger partial charge in [-0.15, -0.1) is 0 Å². The van der Waals surface area contributed by atoms with E-state index in [1.54, 1.807) is 0 Å². The molecule has 1 saturated carbocycles. The standard InChI is InChI=1S/C15H20N2O2/c18-15(19)16-13-8-9-17(14(13)12-6-7-12)10-11-4-2-1-3-5-11/h1-5,12-14,16H,6-10H2,(H,18,19)/t13-,14+/m0/s1. The lowest BCUT2D eigenvalue weighted by Crippen LogP contribution is -2.45. The first-order valence-electron chi connectivity index (χ1n) is 7.01. The number of amides is 1. The predicted molar refractivity (Wildman–Crippen MR) is 72.9 cm³/mol. The molecule has 1 saturated heterocycles. The topological polar surface area (TPSA) is 52.6 Å². The highest BCUT2D eigenvalue weighted by Gasteiger charge is 2.44. The summed E-state index contributed by atoms with van der Waals surface area (Å²) < 4.78 is 0. The zero-order valence-electron chi connectivity index (χ0n) is 11.0. The van der Waals surface area contributed by atoms with E-state index in [0.717, 1.165) is 19.5 Å². The summed E-state index contributed by atoms with van der Waals surface area (Å²) in [5, 5.41) is 11.6. The monoisotopic (exact) mass is 260 g/mol. The van der Waals surface area contributed by atoms with Crippen molar-refractivity contribution in [3.8, 4) is 0 Å². The van der Waals surface area contributed by atoms with Crippen molar-refractivity contribution in [1.82, 2.24) is 10.2 Å². The summed E-state index contributed by atoms with van der Waals surface area (Å²) in [5.41, 5.74) is 1.31. The fraction of sp³-hybridized carbons (Fsp3) is 0.533. The van der Waals surface area contributed by atoms with Gasteiger partial charge in [0.25, 0.3) is 0 Å². The number of benzene rings is 1. The van der Waals surface area contributed by atoms with Gasteiger partial charge in [-0.1, -0.05) is 30.3 Å². The zero-order valence-corrected chi connectivity index (χ0v) is 11.0. The lowest BCUT2D eigenvalue weighted by molar-refractivity contribution is 0.173. The van der Waals surface area contributed by atoms with Crippen LogP contribution in [0.5, 0.6) is 0 Å². The molecule has 1 amide bonds. The molecule has 1 heterocycles. The zero-order chi connectivity index (χ0) is 13.2. The van der Waals surface area contributed by atoms with Crippen LogP contribution in [0.25, 0.3) is 0 Å². The van der Waals surface area contributed by atoms with Crippen molar-refractivity contribution in [2.24, 2.45) is 5.92 Å². The molecule has 1 aromatic carbocycles. The largest absolute Gasteiger partial charge is 0.465 e. The molecule has 2 atom stereocenters. The second-order valence-electron chi connectivity index (χ2n) is 5.63. The van der Waals surface area contributed by atoms with Crippen molar-refractivity contribution in [3.05, 3.63) is 35.9 Å². The molecule has 0 radical (unpaired) electrons. The van der Waals surface area contributed by atoms with Gasteiger partial charge in [0.1, 0.15) is 0 Å². The third-order valence-electron chi connectivity index (χ3n) is 4.20. The van der Waals surface area contributed by atoms with Gasteiger partial charge in [-0.05, 0) is 30.7 Å². The summed E-state index contributed by atoms with van der Waals surface area (Å²) in [6, 6.07) is 10.9. The molecule has 1 aliphatic carbocycles. The molecule has 0 unspecified atom stereocenters. The van der Waals surface area contributed by atoms with E-state index in [1.165, 1.54) is 18.4 Å². The summed E-state index contributed by atoms with van der Waals surface area (Å²) >= 11 is 0. The van der Waals surface area contributed by atoms with Crippen LogP contribution in [0.2, 0.25) is 0 Å². The first-order chi connectivity index (χ1) is 9.24. The van der Waals surface area contributed by atoms with Crippen LogP contribution in [0.15, 0.2) is 30.3 Å². The molecule has 0 bridgehead atoms. The van der Waals surface area contributed by atoms with Crippen LogP contribution in [-0.2, 0) is 6.54 Å². The maximum Gasteiger partial charge on any atom is 0.404 e. The Kier molecular flexibility index (Phi) is 3.42. The average Bonchev–Trinajstić information content (AvgIpc) is 3.15. The summed E-state index contributed by atoms with van der Waals surface area (Å²) in [5.74, 6) is 0.683. The van der Waals surface area contributed by atoms with E-state index in [0.29, 0.717) is 12.0 Å². The number of nitrogens with zero attached hydrogens (tertiary/aromatic N) is 1. The predicted octanol–water partition coefficient (Wildman–Crippen LogP) is 2.31. The molecule has 2 fully saturated rings. The van der Waals surface area contributed by atoms with Crippen molar-refractivity contribution in [2.75, 3.05) is 6.54 Å². The van der Waals surface area contributed by atoms with E-state index in [1.807, 2.05) is 6.07 Å². The number of nitrogens with one attached hydrogen (secondary N) is 1. The van der Waals surface area contributed by atoms with Crippen molar-refractivity contribution in [2.45, 2.75) is 37.9 Å². The molecule has 3 rings (SSSR count). The molecule has 0 aromatic heterocycles. The Labute approximate surface area is 113 Å². The number of hydrogen-bond acceptors (Lipinski definition) is 2. The van der Waals surface area contributed by atoms with Gasteiger partial charge in [-0.2, -0.15) is 0 Å². The first-order valence-corrected chi connectivity index (χ1v) is 7.01. The van der Waals surface area contributed by atoms with Gasteiger partial charge in [0.2, 0.25) is 0 Å². The van der Waals surface area contributed by atoms with E-state index >= 15 is 0 Å². The van der Waals surface area contributed by atoms with Gasteiger partial charge >= 0.3 is 6.09 Å². The van der Waals surface area contributed by atoms with Crippen molar-refractivity contribution in [1.29, 1.82) is 0 Å². The van der Waals surface area contributed by atoms with E-state index in [-0.39, 0.29) is 6.04 Å². The molecule has 2 aliphatic rings. The molecule has 0 spiro atoms. The molecule has 19 heavy (non-hydrogen) atoms. The second kappa shape index (κ2) is 5.21. The molecular formula is C15H20N2O2. The van der Waals surface area contributed by atoms with Crippen molar-refractivity contribution in [3.63, 3.8) is 0 Å². The van der Waals surface area contributed by atoms with Gasteiger partial charge in [0.15, 0.2) is 0 Å². The molecule has 4 nitrogen and oxygen atoms in total.